The Balaban J connectivity index is 1.64. The third-order valence-electron chi connectivity index (χ3n) is 6.97. The zero-order valence-electron chi connectivity index (χ0n) is 19.7. The molecular weight excluding hydrogens is 408 g/mol. The first-order valence-electron chi connectivity index (χ1n) is 11.7. The second-order valence-electron chi connectivity index (χ2n) is 10.3. The summed E-state index contributed by atoms with van der Waals surface area (Å²) < 4.78 is 6.12. The lowest BCUT2D eigenvalue weighted by Crippen LogP contribution is -2.57. The molecule has 0 spiro atoms. The second-order valence-corrected chi connectivity index (χ2v) is 11.3. The minimum atomic E-state index is -0.205. The maximum absolute atomic E-state index is 12.8. The van der Waals surface area contributed by atoms with E-state index in [1.165, 1.54) is 29.7 Å². The predicted octanol–water partition coefficient (Wildman–Crippen LogP) is 3.82. The van der Waals surface area contributed by atoms with Crippen LogP contribution in [0.3, 0.4) is 0 Å². The summed E-state index contributed by atoms with van der Waals surface area (Å²) in [6.07, 6.45) is 5.91. The maximum Gasteiger partial charge on any atom is 0.223 e. The number of thioether (sulfide) groups is 1. The van der Waals surface area contributed by atoms with Crippen molar-refractivity contribution in [3.63, 3.8) is 0 Å². The number of hydrogen-bond acceptors (Lipinski definition) is 6. The number of pyridine rings is 1. The van der Waals surface area contributed by atoms with Crippen LogP contribution in [0.25, 0.3) is 0 Å². The summed E-state index contributed by atoms with van der Waals surface area (Å²) in [4.78, 5) is 22.4. The fourth-order valence-corrected chi connectivity index (χ4v) is 5.33. The van der Waals surface area contributed by atoms with Crippen molar-refractivity contribution in [3.8, 4) is 0 Å². The van der Waals surface area contributed by atoms with Gasteiger partial charge in [0.25, 0.3) is 0 Å². The van der Waals surface area contributed by atoms with Crippen molar-refractivity contribution in [2.75, 3.05) is 42.3 Å². The highest BCUT2D eigenvalue weighted by molar-refractivity contribution is 7.98. The Hall–Kier alpha value is -1.47. The Morgan fingerprint density at radius 2 is 2.03 bits per heavy atom. The summed E-state index contributed by atoms with van der Waals surface area (Å²) in [5.41, 5.74) is 11.1. The molecule has 0 aromatic carbocycles. The first-order chi connectivity index (χ1) is 14.7. The summed E-state index contributed by atoms with van der Waals surface area (Å²) in [7, 11) is 0. The Labute approximate surface area is 191 Å². The fourth-order valence-electron chi connectivity index (χ4n) is 4.95. The first kappa shape index (κ1) is 22.7. The third-order valence-corrected chi connectivity index (χ3v) is 7.58. The molecule has 6 nitrogen and oxygen atoms in total. The SMILES string of the molecule is CSCCC(=O)N1CCN(c2nc(C3CC3)c3c(c2N)CC(C)(C)OC3)C[C@H]1C(C)C. The molecule has 172 valence electrons. The van der Waals surface area contributed by atoms with Crippen LogP contribution in [0.5, 0.6) is 0 Å². The highest BCUT2D eigenvalue weighted by atomic mass is 32.2. The highest BCUT2D eigenvalue weighted by Crippen LogP contribution is 2.46. The number of piperazine rings is 1. The fraction of sp³-hybridized carbons (Fsp3) is 0.750. The number of nitrogens with zero attached hydrogens (tertiary/aromatic N) is 3. The van der Waals surface area contributed by atoms with Crippen molar-refractivity contribution in [3.05, 3.63) is 16.8 Å². The Morgan fingerprint density at radius 3 is 2.68 bits per heavy atom. The highest BCUT2D eigenvalue weighted by Gasteiger charge is 2.38. The van der Waals surface area contributed by atoms with Gasteiger partial charge in [-0.05, 0) is 44.4 Å². The average molecular weight is 447 g/mol. The van der Waals surface area contributed by atoms with E-state index in [1.54, 1.807) is 11.8 Å². The first-order valence-corrected chi connectivity index (χ1v) is 13.1. The largest absolute Gasteiger partial charge is 0.395 e. The molecular formula is C24H38N4O2S. The third kappa shape index (κ3) is 4.68. The van der Waals surface area contributed by atoms with Gasteiger partial charge in [-0.25, -0.2) is 4.98 Å². The number of aromatic nitrogens is 1. The van der Waals surface area contributed by atoms with Crippen molar-refractivity contribution < 1.29 is 9.53 Å². The molecule has 3 heterocycles. The van der Waals surface area contributed by atoms with Gasteiger partial charge in [-0.15, -0.1) is 0 Å². The van der Waals surface area contributed by atoms with Gasteiger partial charge in [0.05, 0.1) is 29.6 Å². The summed E-state index contributed by atoms with van der Waals surface area (Å²) in [5, 5.41) is 0. The zero-order chi connectivity index (χ0) is 22.3. The van der Waals surface area contributed by atoms with Gasteiger partial charge in [-0.3, -0.25) is 4.79 Å². The van der Waals surface area contributed by atoms with Gasteiger partial charge in [0.2, 0.25) is 5.91 Å². The molecule has 2 aliphatic heterocycles. The van der Waals surface area contributed by atoms with E-state index in [2.05, 4.69) is 43.8 Å². The van der Waals surface area contributed by atoms with Crippen LogP contribution in [0.1, 0.15) is 69.7 Å². The van der Waals surface area contributed by atoms with E-state index in [1.807, 2.05) is 0 Å². The molecule has 1 saturated heterocycles. The summed E-state index contributed by atoms with van der Waals surface area (Å²) in [5.74, 6) is 3.02. The van der Waals surface area contributed by atoms with Crippen LogP contribution < -0.4 is 10.6 Å². The topological polar surface area (TPSA) is 71.7 Å². The zero-order valence-corrected chi connectivity index (χ0v) is 20.6. The van der Waals surface area contributed by atoms with E-state index in [0.29, 0.717) is 24.9 Å². The number of hydrogen-bond donors (Lipinski definition) is 1. The molecule has 7 heteroatoms. The van der Waals surface area contributed by atoms with Crippen LogP contribution in [0.15, 0.2) is 0 Å². The minimum Gasteiger partial charge on any atom is -0.395 e. The summed E-state index contributed by atoms with van der Waals surface area (Å²) in [6.45, 7) is 11.6. The lowest BCUT2D eigenvalue weighted by atomic mass is 9.89. The second kappa shape index (κ2) is 8.81. The Bertz CT molecular complexity index is 837. The molecule has 1 saturated carbocycles. The Morgan fingerprint density at radius 1 is 1.29 bits per heavy atom. The van der Waals surface area contributed by atoms with Crippen molar-refractivity contribution >= 4 is 29.2 Å². The number of nitrogen functional groups attached to an aromatic ring is 1. The standard InChI is InChI=1S/C24H38N4O2S/c1-15(2)19-13-27(9-10-28(19)20(29)8-11-31-5)23-21(25)17-12-24(3,4)30-14-18(17)22(26-23)16-6-7-16/h15-16,19H,6-14,25H2,1-5H3/t19-/m0/s1. The number of ether oxygens (including phenoxy) is 1. The number of anilines is 2. The van der Waals surface area contributed by atoms with Crippen LogP contribution in [-0.2, 0) is 22.6 Å². The van der Waals surface area contributed by atoms with E-state index in [4.69, 9.17) is 15.5 Å². The monoisotopic (exact) mass is 446 g/mol. The maximum atomic E-state index is 12.8. The number of amides is 1. The number of fused-ring (bicyclic) bond motifs is 1. The Kier molecular flexibility index (Phi) is 6.46. The van der Waals surface area contributed by atoms with Gasteiger partial charge in [0.1, 0.15) is 0 Å². The number of carbonyl (C=O) groups excluding carboxylic acids is 1. The number of rotatable bonds is 6. The van der Waals surface area contributed by atoms with E-state index < -0.39 is 0 Å². The minimum absolute atomic E-state index is 0.185. The number of nitrogens with two attached hydrogens (primary N) is 1. The van der Waals surface area contributed by atoms with Gasteiger partial charge in [-0.1, -0.05) is 13.8 Å². The molecule has 4 rings (SSSR count). The van der Waals surface area contributed by atoms with Crippen molar-refractivity contribution in [2.45, 2.75) is 77.5 Å². The molecule has 0 radical (unpaired) electrons. The number of carbonyl (C=O) groups is 1. The van der Waals surface area contributed by atoms with Crippen LogP contribution in [-0.4, -0.2) is 59.1 Å². The smallest absolute Gasteiger partial charge is 0.223 e. The molecule has 31 heavy (non-hydrogen) atoms. The van der Waals surface area contributed by atoms with Crippen LogP contribution in [0, 0.1) is 5.92 Å². The molecule has 1 aromatic heterocycles. The van der Waals surface area contributed by atoms with E-state index >= 15 is 0 Å². The lowest BCUT2D eigenvalue weighted by molar-refractivity contribution is -0.134. The molecule has 1 atom stereocenters. The normalized spacial score (nSPS) is 23.2. The molecule has 0 bridgehead atoms. The lowest BCUT2D eigenvalue weighted by Gasteiger charge is -2.45. The molecule has 1 aromatic rings. The van der Waals surface area contributed by atoms with E-state index in [0.717, 1.165) is 43.3 Å². The molecule has 2 N–H and O–H groups in total. The van der Waals surface area contributed by atoms with Crippen molar-refractivity contribution in [1.29, 1.82) is 0 Å². The van der Waals surface area contributed by atoms with Gasteiger partial charge in [0, 0.05) is 49.7 Å². The molecule has 0 unspecified atom stereocenters. The molecule has 3 aliphatic rings. The van der Waals surface area contributed by atoms with Gasteiger partial charge in [0.15, 0.2) is 5.82 Å². The van der Waals surface area contributed by atoms with Crippen LogP contribution in [0.2, 0.25) is 0 Å². The van der Waals surface area contributed by atoms with Crippen molar-refractivity contribution in [1.82, 2.24) is 9.88 Å². The van der Waals surface area contributed by atoms with Gasteiger partial charge < -0.3 is 20.3 Å². The molecule has 1 amide bonds. The molecule has 2 fully saturated rings. The molecule has 1 aliphatic carbocycles. The summed E-state index contributed by atoms with van der Waals surface area (Å²) >= 11 is 1.73. The average Bonchev–Trinajstić information content (AvgIpc) is 3.57. The quantitative estimate of drug-likeness (QED) is 0.716. The summed E-state index contributed by atoms with van der Waals surface area (Å²) in [6, 6.07) is 0.185. The van der Waals surface area contributed by atoms with Gasteiger partial charge >= 0.3 is 0 Å². The van der Waals surface area contributed by atoms with E-state index in [9.17, 15) is 4.79 Å². The predicted molar refractivity (Wildman–Crippen MR) is 129 cm³/mol. The van der Waals surface area contributed by atoms with Crippen molar-refractivity contribution in [2.24, 2.45) is 5.92 Å². The van der Waals surface area contributed by atoms with Crippen LogP contribution in [0.4, 0.5) is 11.5 Å². The van der Waals surface area contributed by atoms with Gasteiger partial charge in [-0.2, -0.15) is 11.8 Å². The van der Waals surface area contributed by atoms with E-state index in [-0.39, 0.29) is 17.6 Å². The van der Waals surface area contributed by atoms with Crippen LogP contribution >= 0.6 is 11.8 Å².